The zero-order chi connectivity index (χ0) is 13.4. The van der Waals surface area contributed by atoms with E-state index in [9.17, 15) is 4.39 Å². The van der Waals surface area contributed by atoms with Gasteiger partial charge in [-0.2, -0.15) is 0 Å². The van der Waals surface area contributed by atoms with Gasteiger partial charge in [0, 0.05) is 0 Å². The summed E-state index contributed by atoms with van der Waals surface area (Å²) < 4.78 is 19.4. The molecule has 1 heterocycles. The summed E-state index contributed by atoms with van der Waals surface area (Å²) in [6, 6.07) is 10.7. The number of nitrogens with two attached hydrogens (primary N) is 1. The van der Waals surface area contributed by atoms with Gasteiger partial charge in [0.15, 0.2) is 0 Å². The molecule has 0 fully saturated rings. The summed E-state index contributed by atoms with van der Waals surface area (Å²) in [5.74, 6) is -0.294. The fraction of sp³-hybridized carbons (Fsp3) is 0.200. The maximum absolute atomic E-state index is 13.6. The molecule has 0 bridgehead atoms. The topological polar surface area (TPSA) is 35.2 Å². The highest BCUT2D eigenvalue weighted by atomic mass is 79.9. The monoisotopic (exact) mass is 321 g/mol. The molecule has 0 amide bonds. The van der Waals surface area contributed by atoms with Gasteiger partial charge >= 0.3 is 0 Å². The predicted molar refractivity (Wildman–Crippen MR) is 75.1 cm³/mol. The number of rotatable bonds is 2. The van der Waals surface area contributed by atoms with Crippen molar-refractivity contribution in [1.82, 2.24) is 0 Å². The van der Waals surface area contributed by atoms with Crippen molar-refractivity contribution in [2.75, 3.05) is 0 Å². The molecule has 0 spiro atoms. The van der Waals surface area contributed by atoms with E-state index in [1.165, 1.54) is 17.2 Å². The first-order valence-corrected chi connectivity index (χ1v) is 6.84. The summed E-state index contributed by atoms with van der Waals surface area (Å²) in [4.78, 5) is 0. The Morgan fingerprint density at radius 2 is 1.74 bits per heavy atom. The van der Waals surface area contributed by atoms with Gasteiger partial charge in [0.2, 0.25) is 0 Å². The standard InChI is InChI=1S/C15H13BrFNO/c16-13-4-3-10(6-14(13)17)15(18)9-1-2-11-7-19-8-12(11)5-9/h1-6,15H,7-8,18H2. The van der Waals surface area contributed by atoms with Gasteiger partial charge in [-0.25, -0.2) is 4.39 Å². The number of fused-ring (bicyclic) bond motifs is 1. The van der Waals surface area contributed by atoms with Crippen molar-refractivity contribution >= 4 is 15.9 Å². The fourth-order valence-electron chi connectivity index (χ4n) is 2.28. The number of benzene rings is 2. The molecule has 2 aromatic carbocycles. The van der Waals surface area contributed by atoms with E-state index in [4.69, 9.17) is 10.5 Å². The molecule has 1 aliphatic rings. The van der Waals surface area contributed by atoms with Crippen LogP contribution in [-0.4, -0.2) is 0 Å². The number of hydrogen-bond donors (Lipinski definition) is 1. The van der Waals surface area contributed by atoms with Crippen LogP contribution in [0.1, 0.15) is 28.3 Å². The third-order valence-corrected chi connectivity index (χ3v) is 4.05. The predicted octanol–water partition coefficient (Wildman–Crippen LogP) is 3.67. The van der Waals surface area contributed by atoms with Crippen LogP contribution >= 0.6 is 15.9 Å². The van der Waals surface area contributed by atoms with E-state index in [1.54, 1.807) is 6.07 Å². The minimum Gasteiger partial charge on any atom is -0.372 e. The third kappa shape index (κ3) is 2.43. The molecule has 0 saturated carbocycles. The molecule has 0 radical (unpaired) electrons. The van der Waals surface area contributed by atoms with Crippen molar-refractivity contribution in [1.29, 1.82) is 0 Å². The van der Waals surface area contributed by atoms with Gasteiger partial charge in [-0.1, -0.05) is 24.3 Å². The van der Waals surface area contributed by atoms with Crippen LogP contribution in [0.2, 0.25) is 0 Å². The van der Waals surface area contributed by atoms with Crippen LogP contribution in [0, 0.1) is 5.82 Å². The summed E-state index contributed by atoms with van der Waals surface area (Å²) in [6.45, 7) is 1.29. The molecule has 4 heteroatoms. The van der Waals surface area contributed by atoms with Gasteiger partial charge in [-0.05, 0) is 50.3 Å². The average molecular weight is 322 g/mol. The normalized spacial score (nSPS) is 15.3. The molecule has 98 valence electrons. The van der Waals surface area contributed by atoms with E-state index in [2.05, 4.69) is 15.9 Å². The maximum Gasteiger partial charge on any atom is 0.137 e. The Bertz CT molecular complexity index is 630. The van der Waals surface area contributed by atoms with E-state index in [-0.39, 0.29) is 11.9 Å². The summed E-state index contributed by atoms with van der Waals surface area (Å²) in [7, 11) is 0. The van der Waals surface area contributed by atoms with Gasteiger partial charge < -0.3 is 10.5 Å². The number of halogens is 2. The zero-order valence-corrected chi connectivity index (χ0v) is 11.8. The van der Waals surface area contributed by atoms with E-state index < -0.39 is 0 Å². The van der Waals surface area contributed by atoms with Crippen LogP contribution in [0.3, 0.4) is 0 Å². The minimum absolute atomic E-state index is 0.294. The van der Waals surface area contributed by atoms with Crippen molar-refractivity contribution in [2.45, 2.75) is 19.3 Å². The minimum atomic E-state index is -0.325. The Kier molecular flexibility index (Phi) is 3.39. The second-order valence-electron chi connectivity index (χ2n) is 4.67. The summed E-state index contributed by atoms with van der Waals surface area (Å²) in [5.41, 5.74) is 10.3. The highest BCUT2D eigenvalue weighted by Crippen LogP contribution is 2.27. The largest absolute Gasteiger partial charge is 0.372 e. The fourth-order valence-corrected chi connectivity index (χ4v) is 2.53. The van der Waals surface area contributed by atoms with Crippen molar-refractivity contribution in [3.8, 4) is 0 Å². The lowest BCUT2D eigenvalue weighted by Gasteiger charge is -2.14. The second kappa shape index (κ2) is 5.04. The van der Waals surface area contributed by atoms with Gasteiger partial charge in [0.25, 0.3) is 0 Å². The first kappa shape index (κ1) is 12.8. The second-order valence-corrected chi connectivity index (χ2v) is 5.53. The van der Waals surface area contributed by atoms with Crippen LogP contribution in [0.25, 0.3) is 0 Å². The molecule has 19 heavy (non-hydrogen) atoms. The van der Waals surface area contributed by atoms with Crippen LogP contribution in [-0.2, 0) is 18.0 Å². The zero-order valence-electron chi connectivity index (χ0n) is 10.2. The molecular weight excluding hydrogens is 309 g/mol. The van der Waals surface area contributed by atoms with E-state index >= 15 is 0 Å². The number of ether oxygens (including phenoxy) is 1. The first-order chi connectivity index (χ1) is 9.15. The SMILES string of the molecule is NC(c1ccc(Br)c(F)c1)c1ccc2c(c1)COC2. The van der Waals surface area contributed by atoms with Crippen molar-refractivity contribution in [2.24, 2.45) is 5.73 Å². The third-order valence-electron chi connectivity index (χ3n) is 3.41. The van der Waals surface area contributed by atoms with Crippen molar-refractivity contribution in [3.05, 3.63) is 68.9 Å². The van der Waals surface area contributed by atoms with E-state index in [1.807, 2.05) is 24.3 Å². The molecule has 2 aromatic rings. The lowest BCUT2D eigenvalue weighted by molar-refractivity contribution is 0.134. The van der Waals surface area contributed by atoms with Crippen molar-refractivity contribution < 1.29 is 9.13 Å². The van der Waals surface area contributed by atoms with Gasteiger partial charge in [0.1, 0.15) is 5.82 Å². The van der Waals surface area contributed by atoms with E-state index in [0.717, 1.165) is 11.1 Å². The number of hydrogen-bond acceptors (Lipinski definition) is 2. The highest BCUT2D eigenvalue weighted by molar-refractivity contribution is 9.10. The molecular formula is C15H13BrFNO. The molecule has 0 aromatic heterocycles. The molecule has 2 nitrogen and oxygen atoms in total. The highest BCUT2D eigenvalue weighted by Gasteiger charge is 2.16. The lowest BCUT2D eigenvalue weighted by atomic mass is 9.96. The summed E-state index contributed by atoms with van der Waals surface area (Å²) >= 11 is 3.14. The summed E-state index contributed by atoms with van der Waals surface area (Å²) in [5, 5.41) is 0. The summed E-state index contributed by atoms with van der Waals surface area (Å²) in [6.07, 6.45) is 0. The molecule has 1 atom stereocenters. The molecule has 0 aliphatic carbocycles. The molecule has 1 aliphatic heterocycles. The lowest BCUT2D eigenvalue weighted by Crippen LogP contribution is -2.12. The Balaban J connectivity index is 1.94. The Hall–Kier alpha value is -1.23. The quantitative estimate of drug-likeness (QED) is 0.916. The van der Waals surface area contributed by atoms with Crippen LogP contribution in [0.15, 0.2) is 40.9 Å². The molecule has 1 unspecified atom stereocenters. The molecule has 3 rings (SSSR count). The Labute approximate surface area is 119 Å². The van der Waals surface area contributed by atoms with E-state index in [0.29, 0.717) is 17.7 Å². The molecule has 2 N–H and O–H groups in total. The van der Waals surface area contributed by atoms with Gasteiger partial charge in [-0.15, -0.1) is 0 Å². The Morgan fingerprint density at radius 1 is 1.05 bits per heavy atom. The van der Waals surface area contributed by atoms with Crippen LogP contribution in [0.5, 0.6) is 0 Å². The maximum atomic E-state index is 13.6. The van der Waals surface area contributed by atoms with Crippen LogP contribution < -0.4 is 5.73 Å². The first-order valence-electron chi connectivity index (χ1n) is 6.05. The van der Waals surface area contributed by atoms with Crippen LogP contribution in [0.4, 0.5) is 4.39 Å². The van der Waals surface area contributed by atoms with Gasteiger partial charge in [-0.3, -0.25) is 0 Å². The van der Waals surface area contributed by atoms with Crippen molar-refractivity contribution in [3.63, 3.8) is 0 Å². The van der Waals surface area contributed by atoms with Gasteiger partial charge in [0.05, 0.1) is 23.7 Å². The molecule has 0 saturated heterocycles. The average Bonchev–Trinajstić information content (AvgIpc) is 2.88. The smallest absolute Gasteiger partial charge is 0.137 e. The Morgan fingerprint density at radius 3 is 2.53 bits per heavy atom.